The van der Waals surface area contributed by atoms with Crippen molar-refractivity contribution in [3.05, 3.63) is 18.0 Å². The van der Waals surface area contributed by atoms with Crippen molar-refractivity contribution >= 4 is 5.91 Å². The van der Waals surface area contributed by atoms with Crippen LogP contribution in [-0.4, -0.2) is 57.4 Å². The molecule has 0 radical (unpaired) electrons. The number of nitrogens with one attached hydrogen (secondary N) is 1. The minimum Gasteiger partial charge on any atom is -0.394 e. The number of carbonyl (C=O) groups excluding carboxylic acids is 1. The second-order valence-corrected chi connectivity index (χ2v) is 6.43. The number of carbonyl (C=O) groups is 1. The third-order valence-electron chi connectivity index (χ3n) is 5.28. The van der Waals surface area contributed by atoms with Crippen LogP contribution >= 0.6 is 0 Å². The molecular weight excluding hydrogens is 310 g/mol. The van der Waals surface area contributed by atoms with E-state index >= 15 is 0 Å². The minimum atomic E-state index is -0.882. The highest BCUT2D eigenvalue weighted by atomic mass is 16.5. The number of rotatable bonds is 9. The molecule has 0 saturated heterocycles. The van der Waals surface area contributed by atoms with Gasteiger partial charge in [-0.1, -0.05) is 13.8 Å². The summed E-state index contributed by atoms with van der Waals surface area (Å²) in [6.45, 7) is 6.79. The minimum absolute atomic E-state index is 0.00521. The molecule has 0 bridgehead atoms. The quantitative estimate of drug-likeness (QED) is 0.622. The van der Waals surface area contributed by atoms with Crippen molar-refractivity contribution in [3.63, 3.8) is 0 Å². The van der Waals surface area contributed by atoms with Crippen molar-refractivity contribution in [2.45, 2.75) is 64.8 Å². The molecule has 1 amide bonds. The van der Waals surface area contributed by atoms with E-state index in [0.717, 1.165) is 19.3 Å². The maximum absolute atomic E-state index is 12.5. The second kappa shape index (κ2) is 8.09. The van der Waals surface area contributed by atoms with Gasteiger partial charge in [0.1, 0.15) is 0 Å². The van der Waals surface area contributed by atoms with Crippen molar-refractivity contribution in [2.24, 2.45) is 5.41 Å². The van der Waals surface area contributed by atoms with Crippen molar-refractivity contribution in [2.75, 3.05) is 13.2 Å². The van der Waals surface area contributed by atoms with Crippen molar-refractivity contribution < 1.29 is 19.7 Å². The summed E-state index contributed by atoms with van der Waals surface area (Å²) in [5.41, 5.74) is 0.454. The Labute approximate surface area is 143 Å². The first-order chi connectivity index (χ1) is 11.5. The topological polar surface area (TPSA) is 96.6 Å². The molecule has 0 aliphatic heterocycles. The van der Waals surface area contributed by atoms with Gasteiger partial charge in [-0.05, 0) is 26.2 Å². The van der Waals surface area contributed by atoms with Crippen LogP contribution in [0.3, 0.4) is 0 Å². The zero-order chi connectivity index (χ0) is 17.7. The molecule has 1 aliphatic carbocycles. The summed E-state index contributed by atoms with van der Waals surface area (Å²) >= 11 is 0. The number of aliphatic hydroxyl groups is 2. The molecule has 2 rings (SSSR count). The van der Waals surface area contributed by atoms with Gasteiger partial charge in [0.2, 0.25) is 0 Å². The van der Waals surface area contributed by atoms with Gasteiger partial charge in [0.25, 0.3) is 5.91 Å². The Balaban J connectivity index is 1.99. The van der Waals surface area contributed by atoms with E-state index in [0.29, 0.717) is 12.2 Å². The van der Waals surface area contributed by atoms with E-state index in [1.54, 1.807) is 6.20 Å². The van der Waals surface area contributed by atoms with Crippen LogP contribution in [0.5, 0.6) is 0 Å². The summed E-state index contributed by atoms with van der Waals surface area (Å²) in [6.07, 6.45) is 5.14. The smallest absolute Gasteiger partial charge is 0.254 e. The molecule has 3 N–H and O–H groups in total. The van der Waals surface area contributed by atoms with Crippen molar-refractivity contribution in [1.29, 1.82) is 0 Å². The fraction of sp³-hybridized carbons (Fsp3) is 0.765. The molecule has 136 valence electrons. The van der Waals surface area contributed by atoms with Gasteiger partial charge in [-0.15, -0.1) is 0 Å². The van der Waals surface area contributed by atoms with Gasteiger partial charge in [0, 0.05) is 24.3 Å². The number of hydrogen-bond acceptors (Lipinski definition) is 5. The lowest BCUT2D eigenvalue weighted by Crippen LogP contribution is -2.64. The number of amides is 1. The summed E-state index contributed by atoms with van der Waals surface area (Å²) in [4.78, 5) is 12.5. The van der Waals surface area contributed by atoms with Gasteiger partial charge in [-0.2, -0.15) is 5.10 Å². The lowest BCUT2D eigenvalue weighted by atomic mass is 9.58. The molecule has 24 heavy (non-hydrogen) atoms. The Morgan fingerprint density at radius 2 is 2.21 bits per heavy atom. The molecule has 0 unspecified atom stereocenters. The van der Waals surface area contributed by atoms with Crippen LogP contribution in [-0.2, 0) is 11.3 Å². The maximum Gasteiger partial charge on any atom is 0.254 e. The summed E-state index contributed by atoms with van der Waals surface area (Å²) in [6, 6.07) is 0.0999. The van der Waals surface area contributed by atoms with E-state index < -0.39 is 6.10 Å². The standard InChI is InChI=1S/C17H29N3O4/c1-4-17(5-2)14(7-15(17)24-6-3)19-16(23)12-8-18-20(9-12)10-13(22)11-21/h8-9,13-15,21-22H,4-7,10-11H2,1-3H3,(H,19,23)/t13-,14+,15-/m1/s1. The SMILES string of the molecule is CCO[C@@H]1C[C@H](NC(=O)c2cnn(C[C@@H](O)CO)c2)C1(CC)CC. The summed E-state index contributed by atoms with van der Waals surface area (Å²) in [5.74, 6) is -0.161. The highest BCUT2D eigenvalue weighted by Gasteiger charge is 2.53. The molecule has 0 aromatic carbocycles. The van der Waals surface area contributed by atoms with Gasteiger partial charge < -0.3 is 20.3 Å². The van der Waals surface area contributed by atoms with Crippen LogP contribution in [0.15, 0.2) is 12.4 Å². The molecule has 1 fully saturated rings. The van der Waals surface area contributed by atoms with Crippen LogP contribution in [0.2, 0.25) is 0 Å². The zero-order valence-electron chi connectivity index (χ0n) is 14.7. The van der Waals surface area contributed by atoms with Crippen LogP contribution in [0.4, 0.5) is 0 Å². The van der Waals surface area contributed by atoms with E-state index in [1.807, 2.05) is 6.92 Å². The molecule has 7 nitrogen and oxygen atoms in total. The normalized spacial score (nSPS) is 23.5. The van der Waals surface area contributed by atoms with Gasteiger partial charge in [0.15, 0.2) is 0 Å². The molecule has 1 heterocycles. The lowest BCUT2D eigenvalue weighted by molar-refractivity contribution is -0.134. The molecule has 7 heteroatoms. The van der Waals surface area contributed by atoms with Gasteiger partial charge in [-0.3, -0.25) is 9.48 Å². The number of ether oxygens (including phenoxy) is 1. The number of nitrogens with zero attached hydrogens (tertiary/aromatic N) is 2. The monoisotopic (exact) mass is 339 g/mol. The van der Waals surface area contributed by atoms with Gasteiger partial charge in [0.05, 0.1) is 37.1 Å². The fourth-order valence-corrected chi connectivity index (χ4v) is 3.68. The highest BCUT2D eigenvalue weighted by Crippen LogP contribution is 2.48. The first kappa shape index (κ1) is 18.9. The van der Waals surface area contributed by atoms with Crippen LogP contribution in [0.1, 0.15) is 50.4 Å². The summed E-state index contributed by atoms with van der Waals surface area (Å²) < 4.78 is 7.30. The van der Waals surface area contributed by atoms with E-state index in [1.165, 1.54) is 10.9 Å². The predicted octanol–water partition coefficient (Wildman–Crippen LogP) is 0.950. The van der Waals surface area contributed by atoms with Crippen molar-refractivity contribution in [1.82, 2.24) is 15.1 Å². The average Bonchev–Trinajstić information content (AvgIpc) is 3.03. The van der Waals surface area contributed by atoms with E-state index in [4.69, 9.17) is 9.84 Å². The third kappa shape index (κ3) is 3.63. The molecule has 1 saturated carbocycles. The van der Waals surface area contributed by atoms with Crippen LogP contribution in [0.25, 0.3) is 0 Å². The Kier molecular flexibility index (Phi) is 6.37. The van der Waals surface area contributed by atoms with Crippen molar-refractivity contribution in [3.8, 4) is 0 Å². The Morgan fingerprint density at radius 3 is 2.79 bits per heavy atom. The molecule has 3 atom stereocenters. The number of hydrogen-bond donors (Lipinski definition) is 3. The van der Waals surface area contributed by atoms with Gasteiger partial charge >= 0.3 is 0 Å². The molecule has 1 aromatic rings. The zero-order valence-corrected chi connectivity index (χ0v) is 14.7. The lowest BCUT2D eigenvalue weighted by Gasteiger charge is -2.55. The summed E-state index contributed by atoms with van der Waals surface area (Å²) in [7, 11) is 0. The maximum atomic E-state index is 12.5. The predicted molar refractivity (Wildman–Crippen MR) is 89.6 cm³/mol. The molecule has 1 aromatic heterocycles. The second-order valence-electron chi connectivity index (χ2n) is 6.43. The Hall–Kier alpha value is -1.44. The molecule has 1 aliphatic rings. The Morgan fingerprint density at radius 1 is 1.50 bits per heavy atom. The largest absolute Gasteiger partial charge is 0.394 e. The van der Waals surface area contributed by atoms with E-state index in [-0.39, 0.29) is 36.6 Å². The first-order valence-electron chi connectivity index (χ1n) is 8.74. The van der Waals surface area contributed by atoms with Gasteiger partial charge in [-0.25, -0.2) is 0 Å². The third-order valence-corrected chi connectivity index (χ3v) is 5.28. The number of aliphatic hydroxyl groups excluding tert-OH is 2. The highest BCUT2D eigenvalue weighted by molar-refractivity contribution is 5.94. The average molecular weight is 339 g/mol. The summed E-state index contributed by atoms with van der Waals surface area (Å²) in [5, 5.41) is 25.5. The van der Waals surface area contributed by atoms with E-state index in [2.05, 4.69) is 24.3 Å². The molecule has 0 spiro atoms. The van der Waals surface area contributed by atoms with Crippen LogP contribution in [0, 0.1) is 5.41 Å². The van der Waals surface area contributed by atoms with E-state index in [9.17, 15) is 9.90 Å². The fourth-order valence-electron chi connectivity index (χ4n) is 3.68. The number of aromatic nitrogens is 2. The Bertz CT molecular complexity index is 542. The molecular formula is C17H29N3O4. The van der Waals surface area contributed by atoms with Crippen LogP contribution < -0.4 is 5.32 Å². The first-order valence-corrected chi connectivity index (χ1v) is 8.74.